The summed E-state index contributed by atoms with van der Waals surface area (Å²) in [7, 11) is -3.26. The van der Waals surface area contributed by atoms with Crippen molar-refractivity contribution in [3.05, 3.63) is 0 Å². The molecule has 0 spiro atoms. The number of carbonyl (C=O) groups is 1. The zero-order chi connectivity index (χ0) is 13.3. The fourth-order valence-corrected chi connectivity index (χ4v) is 4.44. The molecule has 0 unspecified atom stereocenters. The molecule has 1 saturated heterocycles. The molecule has 0 radical (unpaired) electrons. The molecular weight excluding hydrogens is 254 g/mol. The monoisotopic (exact) mass is 275 g/mol. The molecule has 2 rings (SSSR count). The van der Waals surface area contributed by atoms with Crippen molar-refractivity contribution in [1.82, 2.24) is 4.31 Å². The average molecular weight is 275 g/mol. The highest BCUT2D eigenvalue weighted by Crippen LogP contribution is 2.44. The van der Waals surface area contributed by atoms with Crippen LogP contribution in [0.15, 0.2) is 0 Å². The third-order valence-electron chi connectivity index (χ3n) is 4.03. The van der Waals surface area contributed by atoms with E-state index in [0.29, 0.717) is 18.9 Å². The number of rotatable bonds is 6. The number of carboxylic acids is 1. The molecule has 0 amide bonds. The molecule has 0 aromatic heterocycles. The summed E-state index contributed by atoms with van der Waals surface area (Å²) in [6.45, 7) is 2.53. The predicted octanol–water partition coefficient (Wildman–Crippen LogP) is 1.16. The molecule has 18 heavy (non-hydrogen) atoms. The maximum Gasteiger partial charge on any atom is 0.308 e. The van der Waals surface area contributed by atoms with E-state index in [2.05, 4.69) is 0 Å². The van der Waals surface area contributed by atoms with Crippen LogP contribution in [0.3, 0.4) is 0 Å². The van der Waals surface area contributed by atoms with Crippen molar-refractivity contribution in [3.8, 4) is 0 Å². The molecule has 1 saturated carbocycles. The van der Waals surface area contributed by atoms with E-state index in [1.165, 1.54) is 4.31 Å². The molecule has 1 aliphatic carbocycles. The molecule has 0 aromatic carbocycles. The highest BCUT2D eigenvalue weighted by atomic mass is 32.2. The smallest absolute Gasteiger partial charge is 0.308 e. The molecule has 104 valence electrons. The Morgan fingerprint density at radius 3 is 2.50 bits per heavy atom. The Hall–Kier alpha value is -0.620. The van der Waals surface area contributed by atoms with Crippen LogP contribution in [0, 0.1) is 17.8 Å². The zero-order valence-corrected chi connectivity index (χ0v) is 11.5. The maximum atomic E-state index is 12.1. The van der Waals surface area contributed by atoms with Crippen LogP contribution in [0.25, 0.3) is 0 Å². The van der Waals surface area contributed by atoms with Gasteiger partial charge in [0, 0.05) is 13.1 Å². The molecule has 6 heteroatoms. The Kier molecular flexibility index (Phi) is 3.96. The number of unbranched alkanes of at least 4 members (excludes halogenated alkanes) is 1. The first-order chi connectivity index (χ1) is 8.45. The summed E-state index contributed by atoms with van der Waals surface area (Å²) in [5.41, 5.74) is 0. The van der Waals surface area contributed by atoms with E-state index < -0.39 is 21.9 Å². The van der Waals surface area contributed by atoms with Gasteiger partial charge < -0.3 is 5.11 Å². The van der Waals surface area contributed by atoms with Crippen molar-refractivity contribution >= 4 is 16.0 Å². The van der Waals surface area contributed by atoms with Gasteiger partial charge in [-0.15, -0.1) is 0 Å². The first kappa shape index (κ1) is 13.8. The van der Waals surface area contributed by atoms with E-state index in [9.17, 15) is 18.3 Å². The lowest BCUT2D eigenvalue weighted by Gasteiger charge is -2.15. The third kappa shape index (κ3) is 2.85. The lowest BCUT2D eigenvalue weighted by atomic mass is 9.92. The van der Waals surface area contributed by atoms with Gasteiger partial charge in [0.2, 0.25) is 10.0 Å². The lowest BCUT2D eigenvalue weighted by Crippen LogP contribution is -2.32. The second kappa shape index (κ2) is 5.17. The number of carboxylic acid groups (broad SMARTS) is 1. The van der Waals surface area contributed by atoms with Crippen LogP contribution in [0.1, 0.15) is 32.6 Å². The van der Waals surface area contributed by atoms with E-state index in [0.717, 1.165) is 19.3 Å². The van der Waals surface area contributed by atoms with Gasteiger partial charge in [-0.05, 0) is 31.1 Å². The Balaban J connectivity index is 2.05. The average Bonchev–Trinajstić information content (AvgIpc) is 3.04. The largest absolute Gasteiger partial charge is 0.481 e. The summed E-state index contributed by atoms with van der Waals surface area (Å²) in [6.07, 6.45) is 3.58. The molecule has 1 aliphatic heterocycles. The quantitative estimate of drug-likeness (QED) is 0.789. The predicted molar refractivity (Wildman–Crippen MR) is 67.6 cm³/mol. The summed E-state index contributed by atoms with van der Waals surface area (Å²) in [4.78, 5) is 11.2. The Morgan fingerprint density at radius 1 is 1.33 bits per heavy atom. The third-order valence-corrected chi connectivity index (χ3v) is 5.92. The van der Waals surface area contributed by atoms with Gasteiger partial charge in [-0.25, -0.2) is 12.7 Å². The number of hydrogen-bond donors (Lipinski definition) is 1. The van der Waals surface area contributed by atoms with E-state index in [-0.39, 0.29) is 18.2 Å². The number of nitrogens with zero attached hydrogens (tertiary/aromatic N) is 1. The van der Waals surface area contributed by atoms with Crippen molar-refractivity contribution in [2.75, 3.05) is 18.8 Å². The summed E-state index contributed by atoms with van der Waals surface area (Å²) < 4.78 is 25.6. The minimum atomic E-state index is -3.26. The fraction of sp³-hybridized carbons (Fsp3) is 0.917. The lowest BCUT2D eigenvalue weighted by molar-refractivity contribution is -0.142. The van der Waals surface area contributed by atoms with Gasteiger partial charge in [0.15, 0.2) is 0 Å². The summed E-state index contributed by atoms with van der Waals surface area (Å²) in [5.74, 6) is -0.752. The normalized spacial score (nSPS) is 29.6. The van der Waals surface area contributed by atoms with Crippen LogP contribution >= 0.6 is 0 Å². The standard InChI is InChI=1S/C12H21NO4S/c1-2-3-6-18(16,17)13-7-10(9-4-5-9)11(8-13)12(14)15/h9-11H,2-8H2,1H3,(H,14,15)/t10-,11+/m1/s1. The second-order valence-electron chi connectivity index (χ2n) is 5.43. The van der Waals surface area contributed by atoms with Crippen LogP contribution in [0.2, 0.25) is 0 Å². The maximum absolute atomic E-state index is 12.1. The Bertz CT molecular complexity index is 416. The van der Waals surface area contributed by atoms with Crippen LogP contribution in [0.5, 0.6) is 0 Å². The van der Waals surface area contributed by atoms with Crippen molar-refractivity contribution in [3.63, 3.8) is 0 Å². The number of sulfonamides is 1. The van der Waals surface area contributed by atoms with Crippen molar-refractivity contribution < 1.29 is 18.3 Å². The van der Waals surface area contributed by atoms with Crippen LogP contribution in [0.4, 0.5) is 0 Å². The van der Waals surface area contributed by atoms with E-state index in [4.69, 9.17) is 0 Å². The molecule has 2 atom stereocenters. The van der Waals surface area contributed by atoms with Gasteiger partial charge in [-0.2, -0.15) is 0 Å². The molecule has 0 bridgehead atoms. The highest BCUT2D eigenvalue weighted by Gasteiger charge is 2.48. The van der Waals surface area contributed by atoms with Gasteiger partial charge >= 0.3 is 5.97 Å². The fourth-order valence-electron chi connectivity index (χ4n) is 2.74. The first-order valence-corrected chi connectivity index (χ1v) is 8.27. The topological polar surface area (TPSA) is 74.7 Å². The zero-order valence-electron chi connectivity index (χ0n) is 10.7. The van der Waals surface area contributed by atoms with Crippen LogP contribution in [-0.2, 0) is 14.8 Å². The van der Waals surface area contributed by atoms with E-state index >= 15 is 0 Å². The van der Waals surface area contributed by atoms with E-state index in [1.54, 1.807) is 0 Å². The number of aliphatic carboxylic acids is 1. The molecule has 5 nitrogen and oxygen atoms in total. The van der Waals surface area contributed by atoms with Crippen molar-refractivity contribution in [1.29, 1.82) is 0 Å². The summed E-state index contributed by atoms with van der Waals surface area (Å²) >= 11 is 0. The molecule has 1 N–H and O–H groups in total. The molecule has 1 heterocycles. The van der Waals surface area contributed by atoms with Gasteiger partial charge in [0.05, 0.1) is 11.7 Å². The van der Waals surface area contributed by atoms with Gasteiger partial charge in [0.1, 0.15) is 0 Å². The van der Waals surface area contributed by atoms with Gasteiger partial charge in [-0.1, -0.05) is 13.3 Å². The number of hydrogen-bond acceptors (Lipinski definition) is 3. The molecule has 0 aromatic rings. The van der Waals surface area contributed by atoms with Crippen molar-refractivity contribution in [2.24, 2.45) is 17.8 Å². The first-order valence-electron chi connectivity index (χ1n) is 6.66. The van der Waals surface area contributed by atoms with Crippen LogP contribution < -0.4 is 0 Å². The molecule has 2 aliphatic rings. The minimum absolute atomic E-state index is 0.0268. The highest BCUT2D eigenvalue weighted by molar-refractivity contribution is 7.89. The van der Waals surface area contributed by atoms with Gasteiger partial charge in [-0.3, -0.25) is 4.79 Å². The SMILES string of the molecule is CCCCS(=O)(=O)N1C[C@H](C(=O)O)[C@@H](C2CC2)C1. The molecule has 2 fully saturated rings. The Labute approximate surface area is 108 Å². The van der Waals surface area contributed by atoms with Crippen LogP contribution in [-0.4, -0.2) is 42.6 Å². The summed E-state index contributed by atoms with van der Waals surface area (Å²) in [6, 6.07) is 0. The second-order valence-corrected chi connectivity index (χ2v) is 7.52. The van der Waals surface area contributed by atoms with Crippen molar-refractivity contribution in [2.45, 2.75) is 32.6 Å². The minimum Gasteiger partial charge on any atom is -0.481 e. The Morgan fingerprint density at radius 2 is 2.00 bits per heavy atom. The summed E-state index contributed by atoms with van der Waals surface area (Å²) in [5, 5.41) is 9.20. The van der Waals surface area contributed by atoms with E-state index in [1.807, 2.05) is 6.92 Å². The molecular formula is C12H21NO4S. The van der Waals surface area contributed by atoms with Gasteiger partial charge in [0.25, 0.3) is 0 Å².